The molecule has 1 atom stereocenters. The predicted octanol–water partition coefficient (Wildman–Crippen LogP) is 4.58. The molecule has 2 fully saturated rings. The number of rotatable bonds is 10. The molecule has 3 heterocycles. The minimum absolute atomic E-state index is 0.109. The van der Waals surface area contributed by atoms with Crippen molar-refractivity contribution in [2.24, 2.45) is 0 Å². The molecule has 1 N–H and O–H groups in total. The van der Waals surface area contributed by atoms with Gasteiger partial charge < -0.3 is 19.7 Å². The average Bonchev–Trinajstić information content (AvgIpc) is 3.35. The zero-order valence-electron chi connectivity index (χ0n) is 26.2. The van der Waals surface area contributed by atoms with Gasteiger partial charge in [0.1, 0.15) is 17.3 Å². The van der Waals surface area contributed by atoms with Gasteiger partial charge in [0.2, 0.25) is 11.8 Å². The third kappa shape index (κ3) is 6.36. The minimum Gasteiger partial charge on any atom is -0.497 e. The molecule has 2 amide bonds. The van der Waals surface area contributed by atoms with Gasteiger partial charge in [0, 0.05) is 37.4 Å². The summed E-state index contributed by atoms with van der Waals surface area (Å²) in [7, 11) is 1.63. The average molecular weight is 608 g/mol. The molecular formula is C36H41N5O4. The van der Waals surface area contributed by atoms with E-state index in [1.54, 1.807) is 12.0 Å². The number of hydrogen-bond donors (Lipinski definition) is 1. The van der Waals surface area contributed by atoms with E-state index in [0.29, 0.717) is 39.1 Å². The van der Waals surface area contributed by atoms with Gasteiger partial charge in [-0.05, 0) is 62.1 Å². The first-order valence-corrected chi connectivity index (χ1v) is 15.6. The van der Waals surface area contributed by atoms with Crippen LogP contribution in [0.4, 0.5) is 0 Å². The highest BCUT2D eigenvalue weighted by atomic mass is 16.5. The fourth-order valence-electron chi connectivity index (χ4n) is 6.57. The van der Waals surface area contributed by atoms with E-state index in [1.807, 2.05) is 77.5 Å². The van der Waals surface area contributed by atoms with Gasteiger partial charge in [-0.3, -0.25) is 14.5 Å². The number of likely N-dealkylation sites (tertiary alicyclic amines) is 1. The van der Waals surface area contributed by atoms with Gasteiger partial charge in [-0.2, -0.15) is 5.10 Å². The first kappa shape index (κ1) is 30.6. The van der Waals surface area contributed by atoms with Crippen LogP contribution in [-0.4, -0.2) is 69.8 Å². The van der Waals surface area contributed by atoms with Crippen molar-refractivity contribution in [2.75, 3.05) is 26.8 Å². The molecule has 0 aliphatic carbocycles. The largest absolute Gasteiger partial charge is 0.497 e. The number of piperazine rings is 1. The lowest BCUT2D eigenvalue weighted by Crippen LogP contribution is -2.73. The van der Waals surface area contributed by atoms with Gasteiger partial charge in [-0.25, -0.2) is 4.68 Å². The van der Waals surface area contributed by atoms with Crippen LogP contribution in [0.3, 0.4) is 0 Å². The number of ether oxygens (including phenoxy) is 2. The molecule has 4 aromatic rings. The molecule has 0 bridgehead atoms. The summed E-state index contributed by atoms with van der Waals surface area (Å²) in [5.41, 5.74) is 5.34. The van der Waals surface area contributed by atoms with Crippen LogP contribution in [0.2, 0.25) is 0 Å². The number of carbonyl (C=O) groups excluding carboxylic acids is 2. The predicted molar refractivity (Wildman–Crippen MR) is 172 cm³/mol. The number of nitrogens with one attached hydrogen (secondary N) is 1. The summed E-state index contributed by atoms with van der Waals surface area (Å²) in [5.74, 6) is 0.492. The number of methoxy groups -OCH3 is 1. The third-order valence-electron chi connectivity index (χ3n) is 9.19. The molecular weight excluding hydrogens is 566 g/mol. The summed E-state index contributed by atoms with van der Waals surface area (Å²) >= 11 is 0. The minimum atomic E-state index is -0.940. The molecule has 1 aromatic heterocycles. The molecule has 1 spiro atoms. The molecule has 0 saturated carbocycles. The van der Waals surface area contributed by atoms with Crippen molar-refractivity contribution >= 4 is 11.8 Å². The molecule has 9 nitrogen and oxygen atoms in total. The number of para-hydroxylation sites is 1. The van der Waals surface area contributed by atoms with Crippen molar-refractivity contribution in [1.29, 1.82) is 0 Å². The number of amides is 2. The summed E-state index contributed by atoms with van der Waals surface area (Å²) < 4.78 is 13.4. The van der Waals surface area contributed by atoms with Crippen LogP contribution in [-0.2, 0) is 34.0 Å². The Labute approximate surface area is 264 Å². The van der Waals surface area contributed by atoms with E-state index in [-0.39, 0.29) is 18.4 Å². The van der Waals surface area contributed by atoms with Gasteiger partial charge >= 0.3 is 0 Å². The normalized spacial score (nSPS) is 18.3. The lowest BCUT2D eigenvalue weighted by Gasteiger charge is -2.51. The van der Waals surface area contributed by atoms with Crippen LogP contribution in [0.15, 0.2) is 84.9 Å². The molecule has 234 valence electrons. The summed E-state index contributed by atoms with van der Waals surface area (Å²) in [6.45, 7) is 7.06. The Morgan fingerprint density at radius 2 is 1.58 bits per heavy atom. The second kappa shape index (κ2) is 13.3. The SMILES string of the molecule is COc1cccc(CN2C(=O)C(COCc3ccccc3)NC(=O)C23CCN(Cc2c(C)nn(-c4ccccc4)c2C)CC3)c1. The zero-order valence-corrected chi connectivity index (χ0v) is 26.2. The van der Waals surface area contributed by atoms with Crippen LogP contribution in [0.1, 0.15) is 40.9 Å². The number of benzene rings is 3. The standard InChI is InChI=1S/C36H41N5O4/c1-26-32(27(2)41(38-26)30-14-8-5-9-15-30)23-39-19-17-36(18-20-39)35(43)37-33(25-45-24-28-11-6-4-7-12-28)34(42)40(36)22-29-13-10-16-31(21-29)44-3/h4-16,21,33H,17-20,22-25H2,1-3H3,(H,37,43). The second-order valence-corrected chi connectivity index (χ2v) is 12.0. The van der Waals surface area contributed by atoms with E-state index in [9.17, 15) is 9.59 Å². The van der Waals surface area contributed by atoms with Crippen molar-refractivity contribution < 1.29 is 19.1 Å². The van der Waals surface area contributed by atoms with Crippen molar-refractivity contribution in [3.8, 4) is 11.4 Å². The molecule has 2 aliphatic heterocycles. The molecule has 6 rings (SSSR count). The van der Waals surface area contributed by atoms with E-state index in [1.165, 1.54) is 5.56 Å². The molecule has 1 unspecified atom stereocenters. The number of aryl methyl sites for hydroxylation is 1. The highest BCUT2D eigenvalue weighted by molar-refractivity contribution is 6.00. The second-order valence-electron chi connectivity index (χ2n) is 12.0. The van der Waals surface area contributed by atoms with Gasteiger partial charge in [0.15, 0.2) is 0 Å². The highest BCUT2D eigenvalue weighted by Crippen LogP contribution is 2.35. The quantitative estimate of drug-likeness (QED) is 0.284. The maximum absolute atomic E-state index is 14.1. The van der Waals surface area contributed by atoms with E-state index >= 15 is 0 Å². The van der Waals surface area contributed by atoms with Crippen LogP contribution in [0.25, 0.3) is 5.69 Å². The first-order chi connectivity index (χ1) is 21.9. The van der Waals surface area contributed by atoms with Crippen LogP contribution in [0.5, 0.6) is 5.75 Å². The Morgan fingerprint density at radius 1 is 0.889 bits per heavy atom. The summed E-state index contributed by atoms with van der Waals surface area (Å²) in [5, 5.41) is 7.87. The molecule has 0 radical (unpaired) electrons. The van der Waals surface area contributed by atoms with Gasteiger partial charge in [-0.1, -0.05) is 60.7 Å². The summed E-state index contributed by atoms with van der Waals surface area (Å²) in [6, 6.07) is 26.9. The van der Waals surface area contributed by atoms with Crippen LogP contribution in [0, 0.1) is 13.8 Å². The van der Waals surface area contributed by atoms with E-state index in [2.05, 4.69) is 36.2 Å². The van der Waals surface area contributed by atoms with Crippen molar-refractivity contribution in [2.45, 2.75) is 58.0 Å². The number of carbonyl (C=O) groups is 2. The molecule has 2 saturated heterocycles. The Morgan fingerprint density at radius 3 is 2.29 bits per heavy atom. The number of piperidine rings is 1. The van der Waals surface area contributed by atoms with E-state index in [4.69, 9.17) is 14.6 Å². The Hall–Kier alpha value is -4.47. The van der Waals surface area contributed by atoms with Crippen molar-refractivity contribution in [1.82, 2.24) is 24.9 Å². The monoisotopic (exact) mass is 607 g/mol. The van der Waals surface area contributed by atoms with Gasteiger partial charge in [-0.15, -0.1) is 0 Å². The Bertz CT molecular complexity index is 1630. The van der Waals surface area contributed by atoms with Crippen LogP contribution < -0.4 is 10.1 Å². The van der Waals surface area contributed by atoms with Gasteiger partial charge in [0.05, 0.1) is 31.7 Å². The zero-order chi connectivity index (χ0) is 31.4. The number of aromatic nitrogens is 2. The van der Waals surface area contributed by atoms with Gasteiger partial charge in [0.25, 0.3) is 0 Å². The summed E-state index contributed by atoms with van der Waals surface area (Å²) in [4.78, 5) is 32.3. The molecule has 45 heavy (non-hydrogen) atoms. The maximum atomic E-state index is 14.1. The van der Waals surface area contributed by atoms with Crippen molar-refractivity contribution in [3.63, 3.8) is 0 Å². The third-order valence-corrected chi connectivity index (χ3v) is 9.19. The smallest absolute Gasteiger partial charge is 0.248 e. The van der Waals surface area contributed by atoms with E-state index < -0.39 is 11.6 Å². The lowest BCUT2D eigenvalue weighted by molar-refractivity contribution is -0.164. The fourth-order valence-corrected chi connectivity index (χ4v) is 6.57. The van der Waals surface area contributed by atoms with Crippen molar-refractivity contribution in [3.05, 3.63) is 113 Å². The van der Waals surface area contributed by atoms with Crippen LogP contribution >= 0.6 is 0 Å². The maximum Gasteiger partial charge on any atom is 0.248 e. The molecule has 3 aromatic carbocycles. The number of hydrogen-bond acceptors (Lipinski definition) is 6. The summed E-state index contributed by atoms with van der Waals surface area (Å²) in [6.07, 6.45) is 1.08. The molecule has 2 aliphatic rings. The fraction of sp³-hybridized carbons (Fsp3) is 0.361. The Balaban J connectivity index is 1.19. The molecule has 9 heteroatoms. The lowest BCUT2D eigenvalue weighted by atomic mass is 9.81. The Kier molecular flexibility index (Phi) is 9.00. The topological polar surface area (TPSA) is 88.9 Å². The number of nitrogens with zero attached hydrogens (tertiary/aromatic N) is 4. The first-order valence-electron chi connectivity index (χ1n) is 15.6. The van der Waals surface area contributed by atoms with E-state index in [0.717, 1.165) is 40.5 Å². The highest BCUT2D eigenvalue weighted by Gasteiger charge is 2.53.